The predicted octanol–water partition coefficient (Wildman–Crippen LogP) is 5.95. The first-order chi connectivity index (χ1) is 23.7. The van der Waals surface area contributed by atoms with Crippen molar-refractivity contribution < 1.29 is 26.9 Å². The number of aromatic nitrogens is 2. The van der Waals surface area contributed by atoms with Crippen molar-refractivity contribution in [2.45, 2.75) is 38.0 Å². The zero-order chi connectivity index (χ0) is 34.4. The fraction of sp³-hybridized carbons (Fsp3) is 0.237. The van der Waals surface area contributed by atoms with Crippen molar-refractivity contribution >= 4 is 16.0 Å². The average molecular weight is 682 g/mol. The third-order valence-corrected chi connectivity index (χ3v) is 9.65. The first kappa shape index (κ1) is 33.8. The van der Waals surface area contributed by atoms with Gasteiger partial charge in [0.2, 0.25) is 0 Å². The standard InChI is InChI=1S/C38H36FN3O6S/c39-32-20-11-10-19-30(32)35(29-17-8-3-9-18-29)31(26-49(45,46)47)33-21-12-22-42(33)38(44)36-37(43)34(48-25-28-15-6-2-7-16-28)24-41(40-36)23-27-13-4-1-5-14-27/h1-11,13-20,24,31,33,35H,12,21-23,25-26H2,(H,45,46,47)/t31-,33+,35-/m0/s1. The largest absolute Gasteiger partial charge is 0.483 e. The second kappa shape index (κ2) is 15.0. The second-order valence-electron chi connectivity index (χ2n) is 12.2. The number of amides is 1. The molecule has 0 unspecified atom stereocenters. The summed E-state index contributed by atoms with van der Waals surface area (Å²) in [5, 5.41) is 4.48. The molecular weight excluding hydrogens is 645 g/mol. The summed E-state index contributed by atoms with van der Waals surface area (Å²) in [6.45, 7) is 0.545. The molecule has 1 aromatic heterocycles. The van der Waals surface area contributed by atoms with Gasteiger partial charge < -0.3 is 9.64 Å². The van der Waals surface area contributed by atoms with Gasteiger partial charge in [-0.25, -0.2) is 4.39 Å². The van der Waals surface area contributed by atoms with Crippen LogP contribution < -0.4 is 10.2 Å². The SMILES string of the molecule is O=C(c1nn(Cc2ccccc2)cc(OCc2ccccc2)c1=O)N1CCC[C@@H]1[C@H](CS(=O)(=O)O)[C@@H](c1ccccc1)c1ccccc1F. The molecule has 4 aromatic carbocycles. The van der Waals surface area contributed by atoms with Crippen molar-refractivity contribution in [2.75, 3.05) is 12.3 Å². The Hall–Kier alpha value is -5.13. The van der Waals surface area contributed by atoms with Gasteiger partial charge in [-0.1, -0.05) is 109 Å². The lowest BCUT2D eigenvalue weighted by atomic mass is 9.77. The number of carbonyl (C=O) groups excluding carboxylic acids is 1. The number of ether oxygens (including phenoxy) is 1. The van der Waals surface area contributed by atoms with Crippen molar-refractivity contribution in [1.29, 1.82) is 0 Å². The fourth-order valence-electron chi connectivity index (χ4n) is 6.69. The van der Waals surface area contributed by atoms with Crippen LogP contribution in [-0.2, 0) is 23.3 Å². The highest BCUT2D eigenvalue weighted by Gasteiger charge is 2.43. The van der Waals surface area contributed by atoms with Gasteiger partial charge in [-0.05, 0) is 41.2 Å². The van der Waals surface area contributed by atoms with E-state index in [4.69, 9.17) is 4.74 Å². The maximum absolute atomic E-state index is 15.5. The molecule has 6 rings (SSSR count). The third-order valence-electron chi connectivity index (χ3n) is 8.85. The molecule has 1 fully saturated rings. The Balaban J connectivity index is 1.41. The lowest BCUT2D eigenvalue weighted by Crippen LogP contribution is -2.46. The second-order valence-corrected chi connectivity index (χ2v) is 13.7. The van der Waals surface area contributed by atoms with Gasteiger partial charge in [-0.2, -0.15) is 13.5 Å². The molecular formula is C38H36FN3O6S. The zero-order valence-electron chi connectivity index (χ0n) is 26.6. The van der Waals surface area contributed by atoms with Crippen LogP contribution >= 0.6 is 0 Å². The molecule has 1 saturated heterocycles. The van der Waals surface area contributed by atoms with Crippen molar-refractivity contribution in [1.82, 2.24) is 14.7 Å². The van der Waals surface area contributed by atoms with Crippen LogP contribution in [-0.4, -0.2) is 51.9 Å². The van der Waals surface area contributed by atoms with E-state index in [2.05, 4.69) is 5.10 Å². The van der Waals surface area contributed by atoms with Gasteiger partial charge in [0.05, 0.1) is 18.5 Å². The molecule has 252 valence electrons. The van der Waals surface area contributed by atoms with Crippen LogP contribution in [0.15, 0.2) is 126 Å². The summed E-state index contributed by atoms with van der Waals surface area (Å²) in [4.78, 5) is 29.8. The minimum atomic E-state index is -4.60. The molecule has 1 aliphatic heterocycles. The summed E-state index contributed by atoms with van der Waals surface area (Å²) in [5.41, 5.74) is 1.50. The summed E-state index contributed by atoms with van der Waals surface area (Å²) in [6.07, 6.45) is 2.34. The van der Waals surface area contributed by atoms with Gasteiger partial charge >= 0.3 is 0 Å². The van der Waals surface area contributed by atoms with Gasteiger partial charge in [0, 0.05) is 24.4 Å². The summed E-state index contributed by atoms with van der Waals surface area (Å²) < 4.78 is 58.3. The van der Waals surface area contributed by atoms with E-state index < -0.39 is 50.9 Å². The Labute approximate surface area is 284 Å². The van der Waals surface area contributed by atoms with E-state index in [9.17, 15) is 22.6 Å². The van der Waals surface area contributed by atoms with Crippen LogP contribution in [0.3, 0.4) is 0 Å². The lowest BCUT2D eigenvalue weighted by Gasteiger charge is -2.36. The molecule has 9 nitrogen and oxygen atoms in total. The number of hydrogen-bond acceptors (Lipinski definition) is 6. The van der Waals surface area contributed by atoms with E-state index in [1.165, 1.54) is 21.8 Å². The average Bonchev–Trinajstić information content (AvgIpc) is 3.59. The molecule has 2 heterocycles. The normalized spacial score (nSPS) is 15.9. The summed E-state index contributed by atoms with van der Waals surface area (Å²) in [5.74, 6) is -3.84. The van der Waals surface area contributed by atoms with Gasteiger partial charge in [-0.3, -0.25) is 18.8 Å². The summed E-state index contributed by atoms with van der Waals surface area (Å²) in [7, 11) is -4.60. The molecule has 1 amide bonds. The highest BCUT2D eigenvalue weighted by Crippen LogP contribution is 2.41. The number of halogens is 1. The van der Waals surface area contributed by atoms with Crippen molar-refractivity contribution in [2.24, 2.45) is 5.92 Å². The maximum Gasteiger partial charge on any atom is 0.278 e. The van der Waals surface area contributed by atoms with Crippen LogP contribution in [0, 0.1) is 11.7 Å². The maximum atomic E-state index is 15.5. The quantitative estimate of drug-likeness (QED) is 0.162. The van der Waals surface area contributed by atoms with E-state index in [0.29, 0.717) is 18.4 Å². The Morgan fingerprint density at radius 1 is 0.898 bits per heavy atom. The van der Waals surface area contributed by atoms with Crippen LogP contribution in [0.2, 0.25) is 0 Å². The minimum Gasteiger partial charge on any atom is -0.483 e. The molecule has 0 radical (unpaired) electrons. The molecule has 3 atom stereocenters. The van der Waals surface area contributed by atoms with E-state index in [1.54, 1.807) is 48.5 Å². The fourth-order valence-corrected chi connectivity index (χ4v) is 7.59. The number of nitrogens with zero attached hydrogens (tertiary/aromatic N) is 3. The number of benzene rings is 4. The summed E-state index contributed by atoms with van der Waals surface area (Å²) >= 11 is 0. The molecule has 0 bridgehead atoms. The molecule has 0 saturated carbocycles. The monoisotopic (exact) mass is 681 g/mol. The van der Waals surface area contributed by atoms with Gasteiger partial charge in [0.15, 0.2) is 11.4 Å². The van der Waals surface area contributed by atoms with Gasteiger partial charge in [0.25, 0.3) is 21.5 Å². The van der Waals surface area contributed by atoms with E-state index in [-0.39, 0.29) is 36.7 Å². The molecule has 11 heteroatoms. The van der Waals surface area contributed by atoms with Crippen molar-refractivity contribution in [3.05, 3.63) is 165 Å². The molecule has 5 aromatic rings. The Kier molecular flexibility index (Phi) is 10.3. The highest BCUT2D eigenvalue weighted by molar-refractivity contribution is 7.85. The van der Waals surface area contributed by atoms with Crippen molar-refractivity contribution in [3.63, 3.8) is 0 Å². The van der Waals surface area contributed by atoms with Crippen LogP contribution in [0.5, 0.6) is 5.75 Å². The molecule has 0 aliphatic carbocycles. The Morgan fingerprint density at radius 3 is 2.16 bits per heavy atom. The smallest absolute Gasteiger partial charge is 0.278 e. The Morgan fingerprint density at radius 2 is 1.51 bits per heavy atom. The molecule has 49 heavy (non-hydrogen) atoms. The third kappa shape index (κ3) is 8.13. The molecule has 0 spiro atoms. The topological polar surface area (TPSA) is 119 Å². The lowest BCUT2D eigenvalue weighted by molar-refractivity contribution is 0.0675. The number of hydrogen-bond donors (Lipinski definition) is 1. The number of rotatable bonds is 12. The highest BCUT2D eigenvalue weighted by atomic mass is 32.2. The van der Waals surface area contributed by atoms with Crippen LogP contribution in [0.25, 0.3) is 0 Å². The van der Waals surface area contributed by atoms with E-state index >= 15 is 4.39 Å². The summed E-state index contributed by atoms with van der Waals surface area (Å²) in [6, 6.07) is 32.9. The van der Waals surface area contributed by atoms with Gasteiger partial charge in [0.1, 0.15) is 12.4 Å². The van der Waals surface area contributed by atoms with E-state index in [0.717, 1.165) is 11.1 Å². The zero-order valence-corrected chi connectivity index (χ0v) is 27.5. The Bertz CT molecular complexity index is 2060. The first-order valence-corrected chi connectivity index (χ1v) is 17.7. The first-order valence-electron chi connectivity index (χ1n) is 16.1. The van der Waals surface area contributed by atoms with Gasteiger partial charge in [-0.15, -0.1) is 0 Å². The minimum absolute atomic E-state index is 0.0584. The predicted molar refractivity (Wildman–Crippen MR) is 183 cm³/mol. The van der Waals surface area contributed by atoms with E-state index in [1.807, 2.05) is 60.7 Å². The van der Waals surface area contributed by atoms with Crippen molar-refractivity contribution in [3.8, 4) is 5.75 Å². The molecule has 1 N–H and O–H groups in total. The van der Waals surface area contributed by atoms with Crippen LogP contribution in [0.4, 0.5) is 4.39 Å². The number of likely N-dealkylation sites (tertiary alicyclic amines) is 1. The number of carbonyl (C=O) groups is 1. The molecule has 1 aliphatic rings. The van der Waals surface area contributed by atoms with Crippen LogP contribution in [0.1, 0.15) is 51.5 Å².